The van der Waals surface area contributed by atoms with Gasteiger partial charge in [-0.2, -0.15) is 0 Å². The maximum absolute atomic E-state index is 5.41. The largest absolute Gasteiger partial charge is 0.309 e. The van der Waals surface area contributed by atoms with E-state index in [9.17, 15) is 0 Å². The monoisotopic (exact) mass is 855 g/mol. The molecule has 0 fully saturated rings. The maximum atomic E-state index is 5.41. The molecule has 67 heavy (non-hydrogen) atoms. The van der Waals surface area contributed by atoms with Gasteiger partial charge in [0.15, 0.2) is 34.9 Å². The Labute approximate surface area is 385 Å². The molecule has 0 amide bonds. The van der Waals surface area contributed by atoms with Gasteiger partial charge in [-0.3, -0.25) is 0 Å². The van der Waals surface area contributed by atoms with Crippen LogP contribution in [-0.2, 0) is 0 Å². The first kappa shape index (κ1) is 38.3. The first-order chi connectivity index (χ1) is 33.2. The Hall–Kier alpha value is -9.20. The van der Waals surface area contributed by atoms with E-state index < -0.39 is 0 Å². The molecule has 0 bridgehead atoms. The predicted molar refractivity (Wildman–Crippen MR) is 273 cm³/mol. The molecule has 0 unspecified atom stereocenters. The van der Waals surface area contributed by atoms with E-state index in [0.29, 0.717) is 34.9 Å². The van der Waals surface area contributed by atoms with Gasteiger partial charge < -0.3 is 4.57 Å². The minimum absolute atomic E-state index is 0.524. The van der Waals surface area contributed by atoms with Crippen molar-refractivity contribution in [3.63, 3.8) is 0 Å². The lowest BCUT2D eigenvalue weighted by Crippen LogP contribution is -2.05. The average molecular weight is 856 g/mol. The summed E-state index contributed by atoms with van der Waals surface area (Å²) in [6.07, 6.45) is 0. The Morgan fingerprint density at radius 3 is 1.09 bits per heavy atom. The van der Waals surface area contributed by atoms with Crippen LogP contribution in [0.25, 0.3) is 128 Å². The minimum Gasteiger partial charge on any atom is -0.309 e. The minimum atomic E-state index is 0.524. The second-order valence-corrected chi connectivity index (χ2v) is 16.6. The molecule has 13 rings (SSSR count). The van der Waals surface area contributed by atoms with Gasteiger partial charge in [0.25, 0.3) is 0 Å². The van der Waals surface area contributed by atoms with Crippen molar-refractivity contribution in [3.8, 4) is 74.0 Å². The highest BCUT2D eigenvalue weighted by molar-refractivity contribution is 6.28. The van der Waals surface area contributed by atoms with Crippen molar-refractivity contribution < 1.29 is 0 Å². The Morgan fingerprint density at radius 1 is 0.239 bits per heavy atom. The molecule has 0 saturated carbocycles. The number of hydrogen-bond donors (Lipinski definition) is 0. The lowest BCUT2D eigenvalue weighted by Gasteiger charge is -2.17. The summed E-state index contributed by atoms with van der Waals surface area (Å²) in [7, 11) is 0. The lowest BCUT2D eigenvalue weighted by atomic mass is 9.91. The smallest absolute Gasteiger partial charge is 0.166 e. The van der Waals surface area contributed by atoms with E-state index in [2.05, 4.69) is 138 Å². The Morgan fingerprint density at radius 2 is 0.597 bits per heavy atom. The fourth-order valence-corrected chi connectivity index (χ4v) is 9.64. The lowest BCUT2D eigenvalue weighted by molar-refractivity contribution is 1.06. The summed E-state index contributed by atoms with van der Waals surface area (Å²) in [5.41, 5.74) is 8.25. The molecule has 13 aromatic rings. The van der Waals surface area contributed by atoms with E-state index in [-0.39, 0.29) is 0 Å². The molecule has 7 nitrogen and oxygen atoms in total. The van der Waals surface area contributed by atoms with E-state index >= 15 is 0 Å². The van der Waals surface area contributed by atoms with E-state index in [1.807, 2.05) is 91.0 Å². The van der Waals surface area contributed by atoms with E-state index in [1.54, 1.807) is 0 Å². The van der Waals surface area contributed by atoms with Gasteiger partial charge in [0.05, 0.1) is 16.7 Å². The van der Waals surface area contributed by atoms with Crippen molar-refractivity contribution in [1.29, 1.82) is 0 Å². The summed E-state index contributed by atoms with van der Waals surface area (Å²) < 4.78 is 2.32. The van der Waals surface area contributed by atoms with Gasteiger partial charge in [-0.1, -0.05) is 194 Å². The molecule has 7 heteroatoms. The second-order valence-electron chi connectivity index (χ2n) is 16.6. The average Bonchev–Trinajstić information content (AvgIpc) is 3.75. The van der Waals surface area contributed by atoms with Gasteiger partial charge in [-0.25, -0.2) is 29.9 Å². The predicted octanol–water partition coefficient (Wildman–Crippen LogP) is 14.6. The zero-order chi connectivity index (χ0) is 44.3. The zero-order valence-corrected chi connectivity index (χ0v) is 36.0. The maximum Gasteiger partial charge on any atom is 0.166 e. The number of para-hydroxylation sites is 2. The second kappa shape index (κ2) is 15.8. The first-order valence-corrected chi connectivity index (χ1v) is 22.4. The fraction of sp³-hybridized carbons (Fsp3) is 0. The van der Waals surface area contributed by atoms with Gasteiger partial charge in [-0.15, -0.1) is 0 Å². The van der Waals surface area contributed by atoms with Crippen LogP contribution in [-0.4, -0.2) is 34.5 Å². The van der Waals surface area contributed by atoms with Crippen molar-refractivity contribution in [2.45, 2.75) is 0 Å². The molecule has 0 aliphatic rings. The van der Waals surface area contributed by atoms with Crippen molar-refractivity contribution in [2.24, 2.45) is 0 Å². The molecular formula is C60H37N7. The number of hydrogen-bond acceptors (Lipinski definition) is 6. The summed E-state index contributed by atoms with van der Waals surface area (Å²) >= 11 is 0. The van der Waals surface area contributed by atoms with Crippen LogP contribution in [0, 0.1) is 0 Å². The summed E-state index contributed by atoms with van der Waals surface area (Å²) in [6.45, 7) is 0. The number of aromatic nitrogens is 7. The van der Waals surface area contributed by atoms with Crippen LogP contribution in [0.2, 0.25) is 0 Å². The topological polar surface area (TPSA) is 82.3 Å². The van der Waals surface area contributed by atoms with Crippen molar-refractivity contribution in [1.82, 2.24) is 34.5 Å². The van der Waals surface area contributed by atoms with Gasteiger partial charge in [0.2, 0.25) is 0 Å². The number of nitrogens with zero attached hydrogens (tertiary/aromatic N) is 7. The highest BCUT2D eigenvalue weighted by atomic mass is 15.1. The standard InChI is InChI=1S/C60H37N7/c1-4-19-38(20-5-1)55-61-56(39-21-6-2-7-22-39)65-60(64-55)50-37-41(35-36-53(50)67-51-33-16-14-28-45(51)46-29-15-17-34-52(46)67)58-62-57(40-23-8-3-9-24-40)63-59(66-58)49-32-18-31-48-44-26-11-10-25-42(44)43-27-12-13-30-47(43)54(48)49/h1-37H. The van der Waals surface area contributed by atoms with Crippen molar-refractivity contribution in [2.75, 3.05) is 0 Å². The van der Waals surface area contributed by atoms with E-state index in [0.717, 1.165) is 77.0 Å². The number of fused-ring (bicyclic) bond motifs is 9. The van der Waals surface area contributed by atoms with Crippen molar-refractivity contribution in [3.05, 3.63) is 224 Å². The van der Waals surface area contributed by atoms with Gasteiger partial charge in [0, 0.05) is 49.5 Å². The molecule has 3 aromatic heterocycles. The molecule has 312 valence electrons. The molecule has 0 spiro atoms. The quantitative estimate of drug-likeness (QED) is 0.149. The van der Waals surface area contributed by atoms with E-state index in [4.69, 9.17) is 29.9 Å². The van der Waals surface area contributed by atoms with E-state index in [1.165, 1.54) is 16.2 Å². The zero-order valence-electron chi connectivity index (χ0n) is 36.0. The molecule has 0 aliphatic carbocycles. The van der Waals surface area contributed by atoms with Gasteiger partial charge >= 0.3 is 0 Å². The Kier molecular flexibility index (Phi) is 9.03. The molecule has 3 heterocycles. The molecule has 10 aromatic carbocycles. The Balaban J connectivity index is 1.10. The molecule has 0 radical (unpaired) electrons. The highest BCUT2D eigenvalue weighted by Gasteiger charge is 2.23. The van der Waals surface area contributed by atoms with Crippen LogP contribution in [0.15, 0.2) is 224 Å². The van der Waals surface area contributed by atoms with Crippen LogP contribution in [0.5, 0.6) is 0 Å². The van der Waals surface area contributed by atoms with Gasteiger partial charge in [0.1, 0.15) is 0 Å². The fourth-order valence-electron chi connectivity index (χ4n) is 9.64. The molecule has 0 atom stereocenters. The summed E-state index contributed by atoms with van der Waals surface area (Å²) in [5.74, 6) is 3.37. The highest BCUT2D eigenvalue weighted by Crippen LogP contribution is 2.42. The van der Waals surface area contributed by atoms with Gasteiger partial charge in [-0.05, 0) is 57.3 Å². The van der Waals surface area contributed by atoms with Crippen molar-refractivity contribution >= 4 is 54.1 Å². The van der Waals surface area contributed by atoms with Crippen LogP contribution in [0.3, 0.4) is 0 Å². The normalized spacial score (nSPS) is 11.6. The summed E-state index contributed by atoms with van der Waals surface area (Å²) in [5, 5.41) is 9.28. The Bertz CT molecular complexity index is 3880. The van der Waals surface area contributed by atoms with Crippen LogP contribution in [0.4, 0.5) is 0 Å². The number of benzene rings is 10. The SMILES string of the molecule is c1ccc(-c2nc(-c3ccccc3)nc(-c3cc(-c4nc(-c5ccccc5)nc(-c5cccc6c7ccccc7c7ccccc7c56)n4)ccc3-n3c4ccccc4c4ccccc43)n2)cc1. The summed E-state index contributed by atoms with van der Waals surface area (Å²) in [6, 6.07) is 77.5. The first-order valence-electron chi connectivity index (χ1n) is 22.4. The molecule has 0 N–H and O–H groups in total. The van der Waals surface area contributed by atoms with Crippen LogP contribution < -0.4 is 0 Å². The summed E-state index contributed by atoms with van der Waals surface area (Å²) in [4.78, 5) is 31.6. The third-order valence-electron chi connectivity index (χ3n) is 12.7. The molecule has 0 aliphatic heterocycles. The molecular weight excluding hydrogens is 819 g/mol. The van der Waals surface area contributed by atoms with Crippen LogP contribution in [0.1, 0.15) is 0 Å². The number of rotatable bonds is 7. The molecule has 0 saturated heterocycles. The third-order valence-corrected chi connectivity index (χ3v) is 12.7. The van der Waals surface area contributed by atoms with Crippen LogP contribution >= 0.6 is 0 Å². The third kappa shape index (κ3) is 6.52.